The number of benzene rings is 1. The van der Waals surface area contributed by atoms with Crippen LogP contribution in [0.4, 0.5) is 0 Å². The molecule has 1 aromatic carbocycles. The van der Waals surface area contributed by atoms with E-state index in [9.17, 15) is 0 Å². The van der Waals surface area contributed by atoms with Gasteiger partial charge in [-0.05, 0) is 49.1 Å². The average Bonchev–Trinajstić information content (AvgIpc) is 3.22. The zero-order valence-corrected chi connectivity index (χ0v) is 14.4. The van der Waals surface area contributed by atoms with E-state index in [2.05, 4.69) is 63.8 Å². The molecule has 2 nitrogen and oxygen atoms in total. The van der Waals surface area contributed by atoms with Gasteiger partial charge in [-0.25, -0.2) is 0 Å². The molecule has 1 aliphatic carbocycles. The van der Waals surface area contributed by atoms with E-state index >= 15 is 0 Å². The molecule has 118 valence electrons. The van der Waals surface area contributed by atoms with Gasteiger partial charge in [0, 0.05) is 25.2 Å². The minimum absolute atomic E-state index is 0.211. The highest BCUT2D eigenvalue weighted by molar-refractivity contribution is 5.29. The molecule has 2 rings (SSSR count). The Labute approximate surface area is 130 Å². The summed E-state index contributed by atoms with van der Waals surface area (Å²) in [7, 11) is 0. The summed E-state index contributed by atoms with van der Waals surface area (Å²) in [5.41, 5.74) is 9.08. The number of hydrogen-bond donors (Lipinski definition) is 1. The van der Waals surface area contributed by atoms with Crippen molar-refractivity contribution in [3.05, 3.63) is 35.4 Å². The normalized spacial score (nSPS) is 17.5. The van der Waals surface area contributed by atoms with Gasteiger partial charge in [-0.2, -0.15) is 0 Å². The third-order valence-corrected chi connectivity index (χ3v) is 4.61. The van der Waals surface area contributed by atoms with Crippen molar-refractivity contribution in [3.63, 3.8) is 0 Å². The highest BCUT2D eigenvalue weighted by Crippen LogP contribution is 2.34. The SMILES string of the molecule is CC(C)N(CC1CC1)C(CN)c1ccc(C(C)(C)C)cc1. The molecule has 1 fully saturated rings. The fourth-order valence-electron chi connectivity index (χ4n) is 2.96. The van der Waals surface area contributed by atoms with Crippen molar-refractivity contribution in [1.29, 1.82) is 0 Å². The summed E-state index contributed by atoms with van der Waals surface area (Å²) in [6.07, 6.45) is 2.78. The van der Waals surface area contributed by atoms with Gasteiger partial charge >= 0.3 is 0 Å². The topological polar surface area (TPSA) is 29.3 Å². The number of nitrogens with two attached hydrogens (primary N) is 1. The zero-order chi connectivity index (χ0) is 15.6. The van der Waals surface area contributed by atoms with Crippen LogP contribution in [0.1, 0.15) is 64.6 Å². The van der Waals surface area contributed by atoms with Gasteiger partial charge in [0.05, 0.1) is 0 Å². The largest absolute Gasteiger partial charge is 0.329 e. The number of hydrogen-bond acceptors (Lipinski definition) is 2. The van der Waals surface area contributed by atoms with Gasteiger partial charge in [-0.3, -0.25) is 4.90 Å². The van der Waals surface area contributed by atoms with Gasteiger partial charge in [0.25, 0.3) is 0 Å². The van der Waals surface area contributed by atoms with Gasteiger partial charge in [-0.15, -0.1) is 0 Å². The maximum Gasteiger partial charge on any atom is 0.0473 e. The summed E-state index contributed by atoms with van der Waals surface area (Å²) in [6, 6.07) is 9.99. The van der Waals surface area contributed by atoms with Crippen molar-refractivity contribution >= 4 is 0 Å². The molecular formula is C19H32N2. The summed E-state index contributed by atoms with van der Waals surface area (Å²) in [5, 5.41) is 0. The third-order valence-electron chi connectivity index (χ3n) is 4.61. The van der Waals surface area contributed by atoms with Crippen LogP contribution in [0.2, 0.25) is 0 Å². The van der Waals surface area contributed by atoms with E-state index in [1.54, 1.807) is 0 Å². The standard InChI is InChI=1S/C19H32N2/c1-14(2)21(13-15-6-7-15)18(12-20)16-8-10-17(11-9-16)19(3,4)5/h8-11,14-15,18H,6-7,12-13,20H2,1-5H3. The smallest absolute Gasteiger partial charge is 0.0473 e. The zero-order valence-electron chi connectivity index (χ0n) is 14.4. The molecule has 0 saturated heterocycles. The van der Waals surface area contributed by atoms with Crippen LogP contribution >= 0.6 is 0 Å². The fourth-order valence-corrected chi connectivity index (χ4v) is 2.96. The lowest BCUT2D eigenvalue weighted by Gasteiger charge is -2.35. The Morgan fingerprint density at radius 2 is 1.71 bits per heavy atom. The summed E-state index contributed by atoms with van der Waals surface area (Å²) in [4.78, 5) is 2.59. The molecular weight excluding hydrogens is 256 g/mol. The van der Waals surface area contributed by atoms with Gasteiger partial charge in [0.15, 0.2) is 0 Å². The second-order valence-corrected chi connectivity index (χ2v) is 7.86. The van der Waals surface area contributed by atoms with E-state index in [0.717, 1.165) is 5.92 Å². The first-order valence-corrected chi connectivity index (χ1v) is 8.39. The van der Waals surface area contributed by atoms with Crippen molar-refractivity contribution in [2.45, 2.75) is 65.0 Å². The quantitative estimate of drug-likeness (QED) is 0.853. The minimum atomic E-state index is 0.211. The lowest BCUT2D eigenvalue weighted by molar-refractivity contribution is 0.149. The van der Waals surface area contributed by atoms with Crippen LogP contribution in [0.25, 0.3) is 0 Å². The molecule has 0 spiro atoms. The first-order valence-electron chi connectivity index (χ1n) is 8.39. The van der Waals surface area contributed by atoms with Crippen molar-refractivity contribution in [2.24, 2.45) is 11.7 Å². The number of rotatable bonds is 6. The van der Waals surface area contributed by atoms with Crippen molar-refractivity contribution in [3.8, 4) is 0 Å². The molecule has 1 aliphatic rings. The summed E-state index contributed by atoms with van der Waals surface area (Å²) >= 11 is 0. The van der Waals surface area contributed by atoms with E-state index in [-0.39, 0.29) is 5.41 Å². The second kappa shape index (κ2) is 6.50. The first kappa shape index (κ1) is 16.5. The van der Waals surface area contributed by atoms with E-state index in [1.807, 2.05) is 0 Å². The fraction of sp³-hybridized carbons (Fsp3) is 0.684. The van der Waals surface area contributed by atoms with Crippen molar-refractivity contribution < 1.29 is 0 Å². The minimum Gasteiger partial charge on any atom is -0.329 e. The van der Waals surface area contributed by atoms with Crippen LogP contribution < -0.4 is 5.73 Å². The molecule has 2 heteroatoms. The maximum atomic E-state index is 6.12. The average molecular weight is 288 g/mol. The Morgan fingerprint density at radius 1 is 1.14 bits per heavy atom. The Balaban J connectivity index is 2.18. The highest BCUT2D eigenvalue weighted by Gasteiger charge is 2.30. The molecule has 1 unspecified atom stereocenters. The predicted octanol–water partition coefficient (Wildman–Crippen LogP) is 4.10. The molecule has 1 aromatic rings. The molecule has 0 aliphatic heterocycles. The van der Waals surface area contributed by atoms with Gasteiger partial charge in [-0.1, -0.05) is 45.0 Å². The Hall–Kier alpha value is -0.860. The van der Waals surface area contributed by atoms with E-state index in [1.165, 1.54) is 30.5 Å². The Morgan fingerprint density at radius 3 is 2.10 bits per heavy atom. The predicted molar refractivity (Wildman–Crippen MR) is 91.5 cm³/mol. The monoisotopic (exact) mass is 288 g/mol. The molecule has 0 aromatic heterocycles. The molecule has 1 atom stereocenters. The molecule has 0 radical (unpaired) electrons. The lowest BCUT2D eigenvalue weighted by atomic mass is 9.86. The highest BCUT2D eigenvalue weighted by atomic mass is 15.2. The van der Waals surface area contributed by atoms with Crippen LogP contribution in [-0.2, 0) is 5.41 Å². The summed E-state index contributed by atoms with van der Waals surface area (Å²) in [6.45, 7) is 13.2. The first-order chi connectivity index (χ1) is 9.82. The lowest BCUT2D eigenvalue weighted by Crippen LogP contribution is -2.40. The van der Waals surface area contributed by atoms with E-state index < -0.39 is 0 Å². The molecule has 0 bridgehead atoms. The molecule has 0 heterocycles. The van der Waals surface area contributed by atoms with Gasteiger partial charge in [0.1, 0.15) is 0 Å². The van der Waals surface area contributed by atoms with Crippen LogP contribution in [0.3, 0.4) is 0 Å². The van der Waals surface area contributed by atoms with Gasteiger partial charge < -0.3 is 5.73 Å². The Bertz CT molecular complexity index is 438. The maximum absolute atomic E-state index is 6.12. The summed E-state index contributed by atoms with van der Waals surface area (Å²) < 4.78 is 0. The van der Waals surface area contributed by atoms with Crippen molar-refractivity contribution in [2.75, 3.05) is 13.1 Å². The third kappa shape index (κ3) is 4.31. The molecule has 2 N–H and O–H groups in total. The number of nitrogens with zero attached hydrogens (tertiary/aromatic N) is 1. The van der Waals surface area contributed by atoms with Crippen LogP contribution in [0, 0.1) is 5.92 Å². The summed E-state index contributed by atoms with van der Waals surface area (Å²) in [5.74, 6) is 0.898. The Kier molecular flexibility index (Phi) is 5.11. The van der Waals surface area contributed by atoms with E-state index in [4.69, 9.17) is 5.73 Å². The molecule has 1 saturated carbocycles. The van der Waals surface area contributed by atoms with Crippen LogP contribution in [0.15, 0.2) is 24.3 Å². The van der Waals surface area contributed by atoms with Crippen LogP contribution in [-0.4, -0.2) is 24.0 Å². The second-order valence-electron chi connectivity index (χ2n) is 7.86. The van der Waals surface area contributed by atoms with E-state index in [0.29, 0.717) is 18.6 Å². The molecule has 21 heavy (non-hydrogen) atoms. The van der Waals surface area contributed by atoms with Crippen molar-refractivity contribution in [1.82, 2.24) is 4.90 Å². The van der Waals surface area contributed by atoms with Gasteiger partial charge in [0.2, 0.25) is 0 Å². The van der Waals surface area contributed by atoms with Crippen LogP contribution in [0.5, 0.6) is 0 Å². The molecule has 0 amide bonds.